The van der Waals surface area contributed by atoms with E-state index in [4.69, 9.17) is 5.11 Å². The lowest BCUT2D eigenvalue weighted by molar-refractivity contribution is -0.139. The molecule has 0 radical (unpaired) electrons. The minimum Gasteiger partial charge on any atom is -0.479 e. The molecule has 1 aromatic rings. The zero-order valence-electron chi connectivity index (χ0n) is 9.73. The summed E-state index contributed by atoms with van der Waals surface area (Å²) in [5, 5.41) is 16.1. The summed E-state index contributed by atoms with van der Waals surface area (Å²) < 4.78 is 36.9. The number of hydrogen-bond donors (Lipinski definition) is 3. The summed E-state index contributed by atoms with van der Waals surface area (Å²) in [5.74, 6) is -1.41. The number of carboxylic acids is 1. The third-order valence-corrected chi connectivity index (χ3v) is 2.03. The number of amides is 2. The molecule has 0 aromatic carbocycles. The normalized spacial score (nSPS) is 12.8. The number of alkyl halides is 3. The lowest BCUT2D eigenvalue weighted by Crippen LogP contribution is -2.44. The second-order valence-corrected chi connectivity index (χ2v) is 3.66. The molecule has 1 unspecified atom stereocenters. The number of carbonyl (C=O) groups is 2. The molecule has 7 nitrogen and oxygen atoms in total. The van der Waals surface area contributed by atoms with Gasteiger partial charge in [0.2, 0.25) is 0 Å². The van der Waals surface area contributed by atoms with Crippen molar-refractivity contribution in [2.45, 2.75) is 12.2 Å². The molecule has 1 atom stereocenters. The van der Waals surface area contributed by atoms with Gasteiger partial charge in [0.25, 0.3) is 0 Å². The molecule has 10 heteroatoms. The van der Waals surface area contributed by atoms with Crippen LogP contribution in [-0.2, 0) is 11.8 Å². The summed E-state index contributed by atoms with van der Waals surface area (Å²) in [4.78, 5) is 22.1. The van der Waals surface area contributed by atoms with Crippen molar-refractivity contribution in [3.63, 3.8) is 0 Å². The zero-order chi connectivity index (χ0) is 14.6. The molecule has 0 aliphatic carbocycles. The molecular weight excluding hydrogens is 269 g/mol. The number of carbonyl (C=O) groups excluding carboxylic acids is 1. The van der Waals surface area contributed by atoms with E-state index in [0.717, 1.165) is 0 Å². The number of aromatic nitrogens is 2. The summed E-state index contributed by atoms with van der Waals surface area (Å²) in [7, 11) is 1.53. The standard InChI is InChI=1S/C9H11F3N4O3/c1-16-3-5(2-14-16)6(7(17)18)15-8(19)13-4-9(10,11)12/h2-3,6H,4H2,1H3,(H,17,18)(H2,13,15,19). The van der Waals surface area contributed by atoms with Gasteiger partial charge in [0.1, 0.15) is 6.54 Å². The molecule has 106 valence electrons. The van der Waals surface area contributed by atoms with E-state index in [-0.39, 0.29) is 5.56 Å². The number of hydrogen-bond acceptors (Lipinski definition) is 3. The Kier molecular flexibility index (Phi) is 4.35. The third-order valence-electron chi connectivity index (χ3n) is 2.03. The molecule has 2 amide bonds. The maximum atomic E-state index is 11.9. The van der Waals surface area contributed by atoms with Gasteiger partial charge in [0.15, 0.2) is 6.04 Å². The lowest BCUT2D eigenvalue weighted by atomic mass is 10.1. The number of aliphatic carboxylic acids is 1. The first kappa shape index (κ1) is 14.8. The molecule has 19 heavy (non-hydrogen) atoms. The quantitative estimate of drug-likeness (QED) is 0.744. The number of urea groups is 1. The van der Waals surface area contributed by atoms with Crippen LogP contribution in [-0.4, -0.2) is 39.6 Å². The smallest absolute Gasteiger partial charge is 0.405 e. The highest BCUT2D eigenvalue weighted by Gasteiger charge is 2.29. The van der Waals surface area contributed by atoms with Gasteiger partial charge in [-0.25, -0.2) is 9.59 Å². The molecule has 3 N–H and O–H groups in total. The first-order chi connectivity index (χ1) is 8.69. The van der Waals surface area contributed by atoms with E-state index in [1.165, 1.54) is 29.4 Å². The second kappa shape index (κ2) is 5.59. The molecule has 0 aliphatic heterocycles. The first-order valence-corrected chi connectivity index (χ1v) is 5.01. The van der Waals surface area contributed by atoms with Crippen LogP contribution in [0.25, 0.3) is 0 Å². The molecule has 0 spiro atoms. The van der Waals surface area contributed by atoms with Gasteiger partial charge in [-0.3, -0.25) is 4.68 Å². The Morgan fingerprint density at radius 3 is 2.58 bits per heavy atom. The van der Waals surface area contributed by atoms with Crippen molar-refractivity contribution < 1.29 is 27.9 Å². The fourth-order valence-electron chi connectivity index (χ4n) is 1.24. The molecule has 0 saturated heterocycles. The van der Waals surface area contributed by atoms with Gasteiger partial charge in [-0.1, -0.05) is 0 Å². The topological polar surface area (TPSA) is 96.2 Å². The van der Waals surface area contributed by atoms with Crippen LogP contribution in [0, 0.1) is 0 Å². The lowest BCUT2D eigenvalue weighted by Gasteiger charge is -2.14. The highest BCUT2D eigenvalue weighted by atomic mass is 19.4. The van der Waals surface area contributed by atoms with E-state index in [9.17, 15) is 22.8 Å². The summed E-state index contributed by atoms with van der Waals surface area (Å²) in [6.07, 6.45) is -2.03. The van der Waals surface area contributed by atoms with Crippen LogP contribution in [0.4, 0.5) is 18.0 Å². The van der Waals surface area contributed by atoms with Crippen LogP contribution in [0.2, 0.25) is 0 Å². The molecule has 1 aromatic heterocycles. The molecule has 0 aliphatic rings. The number of nitrogens with one attached hydrogen (secondary N) is 2. The monoisotopic (exact) mass is 280 g/mol. The van der Waals surface area contributed by atoms with Crippen molar-refractivity contribution >= 4 is 12.0 Å². The van der Waals surface area contributed by atoms with Gasteiger partial charge >= 0.3 is 18.2 Å². The fraction of sp³-hybridized carbons (Fsp3) is 0.444. The highest BCUT2D eigenvalue weighted by Crippen LogP contribution is 2.13. The van der Waals surface area contributed by atoms with E-state index < -0.39 is 30.8 Å². The van der Waals surface area contributed by atoms with Crippen molar-refractivity contribution in [3.8, 4) is 0 Å². The van der Waals surface area contributed by atoms with Gasteiger partial charge in [-0.2, -0.15) is 18.3 Å². The third kappa shape index (κ3) is 4.85. The fourth-order valence-corrected chi connectivity index (χ4v) is 1.24. The summed E-state index contributed by atoms with van der Waals surface area (Å²) in [6.45, 7) is -1.54. The molecule has 0 fully saturated rings. The molecule has 0 bridgehead atoms. The van der Waals surface area contributed by atoms with E-state index in [1.54, 1.807) is 0 Å². The van der Waals surface area contributed by atoms with Crippen molar-refractivity contribution in [2.75, 3.05) is 6.54 Å². The van der Waals surface area contributed by atoms with E-state index in [0.29, 0.717) is 0 Å². The summed E-state index contributed by atoms with van der Waals surface area (Å²) in [6, 6.07) is -2.70. The number of carboxylic acid groups (broad SMARTS) is 1. The van der Waals surface area contributed by atoms with Crippen molar-refractivity contribution in [2.24, 2.45) is 7.05 Å². The Morgan fingerprint density at radius 2 is 2.16 bits per heavy atom. The number of halogens is 3. The Hall–Kier alpha value is -2.26. The average Bonchev–Trinajstić information content (AvgIpc) is 2.68. The Bertz CT molecular complexity index is 472. The first-order valence-electron chi connectivity index (χ1n) is 5.01. The van der Waals surface area contributed by atoms with Crippen LogP contribution >= 0.6 is 0 Å². The summed E-state index contributed by atoms with van der Waals surface area (Å²) in [5.41, 5.74) is 0.150. The van der Waals surface area contributed by atoms with Gasteiger partial charge in [0, 0.05) is 18.8 Å². The average molecular weight is 280 g/mol. The van der Waals surface area contributed by atoms with E-state index in [1.807, 2.05) is 5.32 Å². The second-order valence-electron chi connectivity index (χ2n) is 3.66. The van der Waals surface area contributed by atoms with Crippen molar-refractivity contribution in [3.05, 3.63) is 18.0 Å². The van der Waals surface area contributed by atoms with Crippen LogP contribution in [0.15, 0.2) is 12.4 Å². The Labute approximate surface area is 105 Å². The number of nitrogens with zero attached hydrogens (tertiary/aromatic N) is 2. The van der Waals surface area contributed by atoms with Gasteiger partial charge < -0.3 is 15.7 Å². The Morgan fingerprint density at radius 1 is 1.53 bits per heavy atom. The van der Waals surface area contributed by atoms with Crippen molar-refractivity contribution in [1.29, 1.82) is 0 Å². The number of aryl methyl sites for hydroxylation is 1. The number of rotatable bonds is 4. The van der Waals surface area contributed by atoms with Crippen LogP contribution in [0.3, 0.4) is 0 Å². The Balaban J connectivity index is 2.65. The van der Waals surface area contributed by atoms with Crippen molar-refractivity contribution in [1.82, 2.24) is 20.4 Å². The molecule has 0 saturated carbocycles. The molecular formula is C9H11F3N4O3. The highest BCUT2D eigenvalue weighted by molar-refractivity contribution is 5.83. The maximum absolute atomic E-state index is 11.9. The largest absolute Gasteiger partial charge is 0.479 e. The predicted molar refractivity (Wildman–Crippen MR) is 56.2 cm³/mol. The van der Waals surface area contributed by atoms with Gasteiger partial charge in [0.05, 0.1) is 6.20 Å². The minimum absolute atomic E-state index is 0.150. The van der Waals surface area contributed by atoms with Crippen LogP contribution < -0.4 is 10.6 Å². The molecule has 1 heterocycles. The minimum atomic E-state index is -4.57. The van der Waals surface area contributed by atoms with E-state index >= 15 is 0 Å². The molecule has 1 rings (SSSR count). The SMILES string of the molecule is Cn1cc(C(NC(=O)NCC(F)(F)F)C(=O)O)cn1. The van der Waals surface area contributed by atoms with E-state index in [2.05, 4.69) is 5.10 Å². The zero-order valence-corrected chi connectivity index (χ0v) is 9.73. The van der Waals surface area contributed by atoms with Crippen LogP contribution in [0.5, 0.6) is 0 Å². The maximum Gasteiger partial charge on any atom is 0.405 e. The summed E-state index contributed by atoms with van der Waals surface area (Å²) >= 11 is 0. The predicted octanol–water partition coefficient (Wildman–Crippen LogP) is 0.407. The van der Waals surface area contributed by atoms with Crippen LogP contribution in [0.1, 0.15) is 11.6 Å². The van der Waals surface area contributed by atoms with Gasteiger partial charge in [-0.15, -0.1) is 0 Å². The van der Waals surface area contributed by atoms with Gasteiger partial charge in [-0.05, 0) is 0 Å².